The van der Waals surface area contributed by atoms with Gasteiger partial charge in [0.15, 0.2) is 0 Å². The van der Waals surface area contributed by atoms with Gasteiger partial charge in [0.1, 0.15) is 12.4 Å². The molecule has 2 rings (SSSR count). The van der Waals surface area contributed by atoms with E-state index in [1.54, 1.807) is 11.8 Å². The van der Waals surface area contributed by atoms with Crippen LogP contribution in [0.3, 0.4) is 0 Å². The molecule has 0 atom stereocenters. The molecule has 0 aromatic heterocycles. The first-order chi connectivity index (χ1) is 12.5. The normalized spacial score (nSPS) is 10.8. The molecule has 1 N–H and O–H groups in total. The minimum Gasteiger partial charge on any atom is -0.492 e. The number of hydrogen-bond donors (Lipinski definition) is 1. The van der Waals surface area contributed by atoms with Crippen LogP contribution >= 0.6 is 11.8 Å². The quantitative estimate of drug-likeness (QED) is 0.664. The van der Waals surface area contributed by atoms with Gasteiger partial charge >= 0.3 is 0 Å². The number of benzene rings is 2. The molecule has 0 bridgehead atoms. The number of nitrogens with one attached hydrogen (secondary N) is 1. The number of aryl methyl sites for hydroxylation is 2. The van der Waals surface area contributed by atoms with Crippen LogP contribution in [0.15, 0.2) is 47.4 Å². The van der Waals surface area contributed by atoms with Gasteiger partial charge in [-0.3, -0.25) is 4.79 Å². The zero-order valence-electron chi connectivity index (χ0n) is 16.0. The highest BCUT2D eigenvalue weighted by Gasteiger charge is 2.08. The molecule has 2 aromatic rings. The molecule has 0 heterocycles. The highest BCUT2D eigenvalue weighted by atomic mass is 32.2. The van der Waals surface area contributed by atoms with Crippen LogP contribution in [0, 0.1) is 13.8 Å². The Morgan fingerprint density at radius 1 is 1.12 bits per heavy atom. The van der Waals surface area contributed by atoms with Crippen LogP contribution in [0.5, 0.6) is 5.75 Å². The predicted octanol–water partition coefficient (Wildman–Crippen LogP) is 4.36. The van der Waals surface area contributed by atoms with E-state index in [0.717, 1.165) is 22.9 Å². The lowest BCUT2D eigenvalue weighted by atomic mass is 10.1. The monoisotopic (exact) mass is 372 g/mol. The maximum Gasteiger partial charge on any atom is 0.225 e. The van der Waals surface area contributed by atoms with Crippen LogP contribution in [0.1, 0.15) is 17.5 Å². The average molecular weight is 373 g/mol. The van der Waals surface area contributed by atoms with Crippen LogP contribution in [-0.4, -0.2) is 43.8 Å². The summed E-state index contributed by atoms with van der Waals surface area (Å²) in [6.45, 7) is 6.22. The number of rotatable bonds is 9. The van der Waals surface area contributed by atoms with Gasteiger partial charge in [0.25, 0.3) is 0 Å². The van der Waals surface area contributed by atoms with E-state index in [9.17, 15) is 4.79 Å². The highest BCUT2D eigenvalue weighted by molar-refractivity contribution is 7.98. The van der Waals surface area contributed by atoms with Gasteiger partial charge in [-0.1, -0.05) is 18.2 Å². The number of carbonyl (C=O) groups is 1. The van der Waals surface area contributed by atoms with E-state index in [-0.39, 0.29) is 5.91 Å². The molecule has 0 aliphatic heterocycles. The van der Waals surface area contributed by atoms with Gasteiger partial charge in [-0.2, -0.15) is 0 Å². The third kappa shape index (κ3) is 6.73. The molecule has 26 heavy (non-hydrogen) atoms. The SMILES string of the molecule is CSc1ccccc1NC(=O)CCN(C)CCOc1cc(C)cc(C)c1. The van der Waals surface area contributed by atoms with E-state index in [0.29, 0.717) is 19.6 Å². The van der Waals surface area contributed by atoms with Gasteiger partial charge in [-0.05, 0) is 62.5 Å². The molecule has 0 saturated carbocycles. The second-order valence-corrected chi connectivity index (χ2v) is 7.32. The third-order valence-corrected chi connectivity index (χ3v) is 4.83. The summed E-state index contributed by atoms with van der Waals surface area (Å²) in [6, 6.07) is 14.1. The summed E-state index contributed by atoms with van der Waals surface area (Å²) in [4.78, 5) is 15.4. The number of thioether (sulfide) groups is 1. The van der Waals surface area contributed by atoms with Crippen molar-refractivity contribution >= 4 is 23.4 Å². The van der Waals surface area contributed by atoms with Gasteiger partial charge in [0.05, 0.1) is 5.69 Å². The third-order valence-electron chi connectivity index (χ3n) is 4.04. The van der Waals surface area contributed by atoms with Crippen LogP contribution in [0.4, 0.5) is 5.69 Å². The van der Waals surface area contributed by atoms with Gasteiger partial charge in [-0.15, -0.1) is 11.8 Å². The molecule has 0 radical (unpaired) electrons. The number of likely N-dealkylation sites (N-methyl/N-ethyl adjacent to an activating group) is 1. The van der Waals surface area contributed by atoms with Crippen molar-refractivity contribution in [3.8, 4) is 5.75 Å². The molecule has 0 fully saturated rings. The Hall–Kier alpha value is -1.98. The molecular formula is C21H28N2O2S. The van der Waals surface area contributed by atoms with Crippen LogP contribution in [0.2, 0.25) is 0 Å². The topological polar surface area (TPSA) is 41.6 Å². The Bertz CT molecular complexity index is 713. The smallest absolute Gasteiger partial charge is 0.225 e. The van der Waals surface area contributed by atoms with Gasteiger partial charge < -0.3 is 15.0 Å². The molecule has 0 unspecified atom stereocenters. The Morgan fingerprint density at radius 2 is 1.81 bits per heavy atom. The molecule has 0 spiro atoms. The minimum absolute atomic E-state index is 0.0357. The number of hydrogen-bond acceptors (Lipinski definition) is 4. The molecule has 4 nitrogen and oxygen atoms in total. The lowest BCUT2D eigenvalue weighted by molar-refractivity contribution is -0.116. The molecular weight excluding hydrogens is 344 g/mol. The Labute approximate surface area is 160 Å². The fourth-order valence-electron chi connectivity index (χ4n) is 2.70. The molecule has 2 aromatic carbocycles. The van der Waals surface area contributed by atoms with Crippen molar-refractivity contribution in [2.45, 2.75) is 25.2 Å². The number of ether oxygens (including phenoxy) is 1. The van der Waals surface area contributed by atoms with E-state index >= 15 is 0 Å². The standard InChI is InChI=1S/C21H28N2O2S/c1-16-13-17(2)15-18(14-16)25-12-11-23(3)10-9-21(24)22-19-7-5-6-8-20(19)26-4/h5-8,13-15H,9-12H2,1-4H3,(H,22,24). The van der Waals surface area contributed by atoms with Crippen molar-refractivity contribution < 1.29 is 9.53 Å². The zero-order chi connectivity index (χ0) is 18.9. The average Bonchev–Trinajstić information content (AvgIpc) is 2.59. The predicted molar refractivity (Wildman–Crippen MR) is 110 cm³/mol. The second-order valence-electron chi connectivity index (χ2n) is 6.47. The van der Waals surface area contributed by atoms with E-state index in [1.807, 2.05) is 49.7 Å². The fourth-order valence-corrected chi connectivity index (χ4v) is 3.25. The van der Waals surface area contributed by atoms with Crippen LogP contribution in [-0.2, 0) is 4.79 Å². The molecule has 0 aliphatic carbocycles. The molecule has 5 heteroatoms. The van der Waals surface area contributed by atoms with E-state index < -0.39 is 0 Å². The van der Waals surface area contributed by atoms with Gasteiger partial charge in [0, 0.05) is 24.4 Å². The molecule has 0 saturated heterocycles. The summed E-state index contributed by atoms with van der Waals surface area (Å²) in [6.07, 6.45) is 2.47. The number of nitrogens with zero attached hydrogens (tertiary/aromatic N) is 1. The largest absolute Gasteiger partial charge is 0.492 e. The first-order valence-electron chi connectivity index (χ1n) is 8.80. The first kappa shape index (κ1) is 20.3. The summed E-state index contributed by atoms with van der Waals surface area (Å²) in [5.74, 6) is 0.941. The number of para-hydroxylation sites is 1. The minimum atomic E-state index is 0.0357. The second kappa shape index (κ2) is 10.2. The summed E-state index contributed by atoms with van der Waals surface area (Å²) in [5.41, 5.74) is 3.29. The van der Waals surface area contributed by atoms with Crippen molar-refractivity contribution in [3.05, 3.63) is 53.6 Å². The Kier molecular flexibility index (Phi) is 8.01. The van der Waals surface area contributed by atoms with Crippen molar-refractivity contribution in [1.29, 1.82) is 0 Å². The van der Waals surface area contributed by atoms with Gasteiger partial charge in [0.2, 0.25) is 5.91 Å². The molecule has 0 aliphatic rings. The molecule has 1 amide bonds. The zero-order valence-corrected chi connectivity index (χ0v) is 16.9. The summed E-state index contributed by atoms with van der Waals surface area (Å²) >= 11 is 1.63. The van der Waals surface area contributed by atoms with Crippen molar-refractivity contribution in [1.82, 2.24) is 4.90 Å². The first-order valence-corrected chi connectivity index (χ1v) is 10.0. The maximum absolute atomic E-state index is 12.2. The summed E-state index contributed by atoms with van der Waals surface area (Å²) in [7, 11) is 2.01. The number of carbonyl (C=O) groups excluding carboxylic acids is 1. The summed E-state index contributed by atoms with van der Waals surface area (Å²) < 4.78 is 5.83. The number of anilines is 1. The number of amides is 1. The van der Waals surface area contributed by atoms with E-state index in [1.165, 1.54) is 11.1 Å². The van der Waals surface area contributed by atoms with E-state index in [2.05, 4.69) is 30.1 Å². The van der Waals surface area contributed by atoms with Crippen LogP contribution < -0.4 is 10.1 Å². The Balaban J connectivity index is 1.71. The van der Waals surface area contributed by atoms with E-state index in [4.69, 9.17) is 4.74 Å². The highest BCUT2D eigenvalue weighted by Crippen LogP contribution is 2.24. The van der Waals surface area contributed by atoms with Crippen molar-refractivity contribution in [3.63, 3.8) is 0 Å². The Morgan fingerprint density at radius 3 is 2.50 bits per heavy atom. The lowest BCUT2D eigenvalue weighted by Crippen LogP contribution is -2.28. The fraction of sp³-hybridized carbons (Fsp3) is 0.381. The lowest BCUT2D eigenvalue weighted by Gasteiger charge is -2.17. The van der Waals surface area contributed by atoms with Crippen molar-refractivity contribution in [2.75, 3.05) is 38.3 Å². The molecule has 140 valence electrons. The summed E-state index contributed by atoms with van der Waals surface area (Å²) in [5, 5.41) is 2.99. The van der Waals surface area contributed by atoms with Crippen molar-refractivity contribution in [2.24, 2.45) is 0 Å². The maximum atomic E-state index is 12.2. The van der Waals surface area contributed by atoms with Crippen LogP contribution in [0.25, 0.3) is 0 Å². The van der Waals surface area contributed by atoms with Gasteiger partial charge in [-0.25, -0.2) is 0 Å².